The van der Waals surface area contributed by atoms with Crippen molar-refractivity contribution < 1.29 is 19.1 Å². The summed E-state index contributed by atoms with van der Waals surface area (Å²) in [6, 6.07) is 19.9. The normalized spacial score (nSPS) is 22.5. The summed E-state index contributed by atoms with van der Waals surface area (Å²) in [6.45, 7) is 9.99. The first-order chi connectivity index (χ1) is 26.0. The molecule has 282 valence electrons. The van der Waals surface area contributed by atoms with Gasteiger partial charge in [0.15, 0.2) is 0 Å². The van der Waals surface area contributed by atoms with Crippen molar-refractivity contribution in [2.24, 2.45) is 0 Å². The molecule has 4 fully saturated rings. The second-order valence-corrected chi connectivity index (χ2v) is 16.0. The van der Waals surface area contributed by atoms with Gasteiger partial charge in [0.25, 0.3) is 0 Å². The highest BCUT2D eigenvalue weighted by Gasteiger charge is 2.51. The van der Waals surface area contributed by atoms with Gasteiger partial charge in [-0.3, -0.25) is 19.4 Å². The van der Waals surface area contributed by atoms with Gasteiger partial charge in [0, 0.05) is 99.6 Å². The van der Waals surface area contributed by atoms with Gasteiger partial charge in [0.05, 0.1) is 46.7 Å². The fraction of sp³-hybridized carbons (Fsp3) is 0.429. The van der Waals surface area contributed by atoms with Gasteiger partial charge < -0.3 is 19.3 Å². The van der Waals surface area contributed by atoms with Gasteiger partial charge in [-0.1, -0.05) is 71.7 Å². The highest BCUT2D eigenvalue weighted by molar-refractivity contribution is 6.39. The van der Waals surface area contributed by atoms with Crippen molar-refractivity contribution in [2.75, 3.05) is 53.5 Å². The van der Waals surface area contributed by atoms with Crippen molar-refractivity contribution in [1.82, 2.24) is 29.6 Å². The third-order valence-electron chi connectivity index (χ3n) is 12.2. The Balaban J connectivity index is 1.01. The largest absolute Gasteiger partial charge is 0.481 e. The number of carbonyl (C=O) groups excluding carboxylic acids is 2. The van der Waals surface area contributed by atoms with Crippen LogP contribution in [-0.2, 0) is 22.7 Å². The molecule has 12 heteroatoms. The maximum Gasteiger partial charge on any atom is 0.219 e. The van der Waals surface area contributed by atoms with Crippen LogP contribution in [0.3, 0.4) is 0 Å². The number of carbonyl (C=O) groups is 2. The second-order valence-electron chi connectivity index (χ2n) is 15.3. The molecular formula is C42H46Cl2N6O4. The molecule has 0 saturated carbocycles. The zero-order valence-corrected chi connectivity index (χ0v) is 32.8. The molecule has 6 heterocycles. The van der Waals surface area contributed by atoms with E-state index in [1.54, 1.807) is 28.1 Å². The van der Waals surface area contributed by atoms with E-state index in [0.29, 0.717) is 46.3 Å². The van der Waals surface area contributed by atoms with Crippen molar-refractivity contribution in [3.8, 4) is 45.4 Å². The maximum absolute atomic E-state index is 12.1. The third-order valence-corrected chi connectivity index (χ3v) is 13.0. The summed E-state index contributed by atoms with van der Waals surface area (Å²) in [6.07, 6.45) is 4.09. The lowest BCUT2D eigenvalue weighted by molar-refractivity contribution is -0.144. The van der Waals surface area contributed by atoms with E-state index in [4.69, 9.17) is 42.6 Å². The SMILES string of the molecule is COc1nc(-c2cccc(-c3cccc(-c4ccc(CN5CCC6(CCN6C(C)=O)C5)c(OC)n4)c3Cl)c2Cl)ccc1CN1CCC2(CCN2C(C)=O)C1. The molecule has 4 aliphatic rings. The van der Waals surface area contributed by atoms with Crippen LogP contribution >= 0.6 is 23.2 Å². The first-order valence-electron chi connectivity index (χ1n) is 18.7. The Morgan fingerprint density at radius 3 is 1.35 bits per heavy atom. The molecular weight excluding hydrogens is 723 g/mol. The van der Waals surface area contributed by atoms with Crippen LogP contribution in [0.15, 0.2) is 60.7 Å². The smallest absolute Gasteiger partial charge is 0.219 e. The Labute approximate surface area is 327 Å². The molecule has 2 amide bonds. The first kappa shape index (κ1) is 36.7. The molecule has 2 aromatic heterocycles. The van der Waals surface area contributed by atoms with Crippen LogP contribution in [0.25, 0.3) is 33.6 Å². The number of ether oxygens (including phenoxy) is 2. The number of benzene rings is 2. The van der Waals surface area contributed by atoms with Crippen molar-refractivity contribution in [2.45, 2.75) is 63.7 Å². The molecule has 0 N–H and O–H groups in total. The predicted octanol–water partition coefficient (Wildman–Crippen LogP) is 7.20. The Bertz CT molecular complexity index is 1980. The van der Waals surface area contributed by atoms with Crippen molar-refractivity contribution >= 4 is 35.0 Å². The van der Waals surface area contributed by atoms with E-state index in [1.165, 1.54) is 0 Å². The lowest BCUT2D eigenvalue weighted by Gasteiger charge is -2.50. The van der Waals surface area contributed by atoms with Crippen molar-refractivity contribution in [3.63, 3.8) is 0 Å². The number of rotatable bonds is 9. The number of hydrogen-bond donors (Lipinski definition) is 0. The molecule has 2 spiro atoms. The Kier molecular flexibility index (Phi) is 9.83. The van der Waals surface area contributed by atoms with Crippen LogP contribution in [-0.4, -0.2) is 106 Å². The predicted molar refractivity (Wildman–Crippen MR) is 211 cm³/mol. The topological polar surface area (TPSA) is 91.3 Å². The van der Waals surface area contributed by atoms with Crippen molar-refractivity contribution in [3.05, 3.63) is 81.8 Å². The van der Waals surface area contributed by atoms with E-state index in [0.717, 1.165) is 98.3 Å². The number of amides is 2. The van der Waals surface area contributed by atoms with Gasteiger partial charge in [-0.25, -0.2) is 9.97 Å². The number of hydrogen-bond acceptors (Lipinski definition) is 8. The van der Waals surface area contributed by atoms with Crippen LogP contribution in [0, 0.1) is 0 Å². The molecule has 0 bridgehead atoms. The molecule has 0 radical (unpaired) electrons. The molecule has 4 aliphatic heterocycles. The highest BCUT2D eigenvalue weighted by Crippen LogP contribution is 2.44. The number of methoxy groups -OCH3 is 2. The lowest BCUT2D eigenvalue weighted by atomic mass is 9.83. The highest BCUT2D eigenvalue weighted by atomic mass is 35.5. The minimum Gasteiger partial charge on any atom is -0.481 e. The summed E-state index contributed by atoms with van der Waals surface area (Å²) >= 11 is 14.4. The van der Waals surface area contributed by atoms with Crippen LogP contribution in [0.4, 0.5) is 0 Å². The van der Waals surface area contributed by atoms with E-state index in [1.807, 2.05) is 58.3 Å². The molecule has 8 rings (SSSR count). The molecule has 2 atom stereocenters. The molecule has 2 unspecified atom stereocenters. The quantitative estimate of drug-likeness (QED) is 0.177. The summed E-state index contributed by atoms with van der Waals surface area (Å²) in [4.78, 5) is 42.9. The summed E-state index contributed by atoms with van der Waals surface area (Å²) < 4.78 is 11.6. The lowest BCUT2D eigenvalue weighted by Crippen LogP contribution is -2.62. The van der Waals surface area contributed by atoms with Gasteiger partial charge in [0.1, 0.15) is 0 Å². The number of nitrogens with zero attached hydrogens (tertiary/aromatic N) is 6. The van der Waals surface area contributed by atoms with E-state index in [9.17, 15) is 9.59 Å². The van der Waals surface area contributed by atoms with Crippen molar-refractivity contribution in [1.29, 1.82) is 0 Å². The molecule has 4 saturated heterocycles. The Hall–Kier alpha value is -4.22. The Morgan fingerprint density at radius 1 is 0.611 bits per heavy atom. The summed E-state index contributed by atoms with van der Waals surface area (Å²) in [7, 11) is 3.28. The van der Waals surface area contributed by atoms with Gasteiger partial charge in [0.2, 0.25) is 23.6 Å². The average Bonchev–Trinajstić information content (AvgIpc) is 3.79. The minimum absolute atomic E-state index is 0.0289. The van der Waals surface area contributed by atoms with E-state index in [2.05, 4.69) is 21.9 Å². The number of halogens is 2. The molecule has 0 aliphatic carbocycles. The zero-order valence-electron chi connectivity index (χ0n) is 31.3. The average molecular weight is 770 g/mol. The Morgan fingerprint density at radius 2 is 1.00 bits per heavy atom. The van der Waals surface area contributed by atoms with Gasteiger partial charge in [-0.15, -0.1) is 0 Å². The number of pyridine rings is 2. The summed E-state index contributed by atoms with van der Waals surface area (Å²) in [5.41, 5.74) is 6.44. The monoisotopic (exact) mass is 768 g/mol. The summed E-state index contributed by atoms with van der Waals surface area (Å²) in [5.74, 6) is 1.43. The standard InChI is InChI=1S/C42H46Cl2N6O4/c1-27(51)49-21-17-41(49)15-19-47(25-41)23-29-11-13-35(45-39(29)53-3)33-9-5-7-31(37(33)43)32-8-6-10-34(38(32)44)36-14-12-30(40(46-36)54-4)24-48-20-16-42(26-48)18-22-50(42)28(2)52/h5-14H,15-26H2,1-4H3. The van der Waals surface area contributed by atoms with Crippen LogP contribution in [0.1, 0.15) is 50.7 Å². The number of likely N-dealkylation sites (tertiary alicyclic amines) is 4. The molecule has 54 heavy (non-hydrogen) atoms. The minimum atomic E-state index is -0.0289. The van der Waals surface area contributed by atoms with E-state index in [-0.39, 0.29) is 22.9 Å². The zero-order chi connectivity index (χ0) is 37.8. The maximum atomic E-state index is 12.1. The fourth-order valence-electron chi connectivity index (χ4n) is 9.25. The van der Waals surface area contributed by atoms with E-state index < -0.39 is 0 Å². The van der Waals surface area contributed by atoms with Gasteiger partial charge in [-0.2, -0.15) is 0 Å². The molecule has 10 nitrogen and oxygen atoms in total. The molecule has 2 aromatic carbocycles. The number of aromatic nitrogens is 2. The van der Waals surface area contributed by atoms with Crippen LogP contribution < -0.4 is 9.47 Å². The van der Waals surface area contributed by atoms with Crippen LogP contribution in [0.2, 0.25) is 10.0 Å². The second kappa shape index (κ2) is 14.5. The molecule has 4 aromatic rings. The third kappa shape index (κ3) is 6.40. The van der Waals surface area contributed by atoms with Crippen LogP contribution in [0.5, 0.6) is 11.8 Å². The first-order valence-corrected chi connectivity index (χ1v) is 19.5. The van der Waals surface area contributed by atoms with Gasteiger partial charge >= 0.3 is 0 Å². The van der Waals surface area contributed by atoms with E-state index >= 15 is 0 Å². The summed E-state index contributed by atoms with van der Waals surface area (Å²) in [5, 5.41) is 1.07. The fourth-order valence-corrected chi connectivity index (χ4v) is 9.90. The van der Waals surface area contributed by atoms with Gasteiger partial charge in [-0.05, 0) is 37.8 Å².